The van der Waals surface area contributed by atoms with E-state index in [0.717, 1.165) is 14.9 Å². The highest BCUT2D eigenvalue weighted by atomic mass is 127. The van der Waals surface area contributed by atoms with E-state index in [-0.39, 0.29) is 0 Å². The number of methoxy groups -OCH3 is 1. The molecule has 1 aromatic carbocycles. The summed E-state index contributed by atoms with van der Waals surface area (Å²) in [5, 5.41) is 8.66. The topological polar surface area (TPSA) is 33.0 Å². The summed E-state index contributed by atoms with van der Waals surface area (Å²) in [6.07, 6.45) is 0. The number of nitrogens with zero attached hydrogens (tertiary/aromatic N) is 1. The van der Waals surface area contributed by atoms with Gasteiger partial charge in [-0.1, -0.05) is 0 Å². The summed E-state index contributed by atoms with van der Waals surface area (Å²) in [4.78, 5) is 0. The van der Waals surface area contributed by atoms with Crippen LogP contribution < -0.4 is 4.74 Å². The maximum absolute atomic E-state index is 8.66. The highest BCUT2D eigenvalue weighted by Gasteiger charge is 2.05. The van der Waals surface area contributed by atoms with Crippen LogP contribution in [0.3, 0.4) is 0 Å². The largest absolute Gasteiger partial charge is 0.495 e. The summed E-state index contributed by atoms with van der Waals surface area (Å²) in [6.45, 7) is 1.93. The number of halogens is 1. The number of hydrogen-bond donors (Lipinski definition) is 0. The van der Waals surface area contributed by atoms with Crippen LogP contribution in [0.4, 0.5) is 0 Å². The van der Waals surface area contributed by atoms with Gasteiger partial charge in [-0.15, -0.1) is 0 Å². The maximum atomic E-state index is 8.66. The van der Waals surface area contributed by atoms with Crippen molar-refractivity contribution in [1.29, 1.82) is 5.26 Å². The van der Waals surface area contributed by atoms with E-state index in [2.05, 4.69) is 28.7 Å². The van der Waals surface area contributed by atoms with E-state index < -0.39 is 0 Å². The summed E-state index contributed by atoms with van der Waals surface area (Å²) in [5.74, 6) is 0.856. The molecule has 1 rings (SSSR count). The van der Waals surface area contributed by atoms with Gasteiger partial charge in [0, 0.05) is 0 Å². The highest BCUT2D eigenvalue weighted by molar-refractivity contribution is 14.1. The Hall–Kier alpha value is -0.760. The Bertz CT molecular complexity index is 318. The van der Waals surface area contributed by atoms with Crippen molar-refractivity contribution in [2.45, 2.75) is 6.92 Å². The molecule has 0 aromatic heterocycles. The van der Waals surface area contributed by atoms with Gasteiger partial charge in [0.25, 0.3) is 0 Å². The van der Waals surface area contributed by atoms with Gasteiger partial charge in [-0.2, -0.15) is 5.26 Å². The maximum Gasteiger partial charge on any atom is 0.135 e. The number of aryl methyl sites for hydroxylation is 1. The average Bonchev–Trinajstić information content (AvgIpc) is 2.03. The molecule has 0 saturated carbocycles. The fraction of sp³-hybridized carbons (Fsp3) is 0.222. The first-order valence-electron chi connectivity index (χ1n) is 3.43. The molecular formula is C9H8INO. The van der Waals surface area contributed by atoms with Gasteiger partial charge in [-0.3, -0.25) is 0 Å². The molecule has 0 aliphatic heterocycles. The standard InChI is InChI=1S/C9H8INO/c1-6-3-7(5-11)4-8(10)9(6)12-2/h3-4H,1-2H3. The summed E-state index contributed by atoms with van der Waals surface area (Å²) >= 11 is 2.16. The van der Waals surface area contributed by atoms with Crippen molar-refractivity contribution in [3.05, 3.63) is 26.8 Å². The van der Waals surface area contributed by atoms with Crippen LogP contribution in [0.25, 0.3) is 0 Å². The van der Waals surface area contributed by atoms with Gasteiger partial charge in [0.05, 0.1) is 22.3 Å². The Morgan fingerprint density at radius 1 is 1.50 bits per heavy atom. The van der Waals surface area contributed by atoms with Crippen molar-refractivity contribution in [1.82, 2.24) is 0 Å². The van der Waals surface area contributed by atoms with Crippen molar-refractivity contribution in [3.63, 3.8) is 0 Å². The molecule has 0 fully saturated rings. The molecule has 0 spiro atoms. The fourth-order valence-electron chi connectivity index (χ4n) is 1.05. The second-order valence-corrected chi connectivity index (χ2v) is 3.58. The lowest BCUT2D eigenvalue weighted by Crippen LogP contribution is -1.91. The third-order valence-corrected chi connectivity index (χ3v) is 2.36. The SMILES string of the molecule is COc1c(C)cc(C#N)cc1I. The highest BCUT2D eigenvalue weighted by Crippen LogP contribution is 2.25. The molecule has 62 valence electrons. The molecule has 12 heavy (non-hydrogen) atoms. The van der Waals surface area contributed by atoms with E-state index in [1.54, 1.807) is 7.11 Å². The predicted octanol–water partition coefficient (Wildman–Crippen LogP) is 2.48. The molecule has 0 atom stereocenters. The summed E-state index contributed by atoms with van der Waals surface area (Å²) in [6, 6.07) is 5.73. The van der Waals surface area contributed by atoms with Crippen LogP contribution in [0.5, 0.6) is 5.75 Å². The molecule has 0 N–H and O–H groups in total. The molecule has 0 aliphatic carbocycles. The lowest BCUT2D eigenvalue weighted by molar-refractivity contribution is 0.408. The molecular weight excluding hydrogens is 265 g/mol. The van der Waals surface area contributed by atoms with E-state index >= 15 is 0 Å². The Labute approximate surface area is 85.3 Å². The van der Waals surface area contributed by atoms with Crippen molar-refractivity contribution >= 4 is 22.6 Å². The van der Waals surface area contributed by atoms with E-state index in [1.165, 1.54) is 0 Å². The first-order valence-corrected chi connectivity index (χ1v) is 4.51. The zero-order valence-electron chi connectivity index (χ0n) is 6.89. The second-order valence-electron chi connectivity index (χ2n) is 2.42. The first kappa shape index (κ1) is 9.33. The quantitative estimate of drug-likeness (QED) is 0.736. The fourth-order valence-corrected chi connectivity index (χ4v) is 2.04. The van der Waals surface area contributed by atoms with Gasteiger partial charge < -0.3 is 4.74 Å². The van der Waals surface area contributed by atoms with E-state index in [4.69, 9.17) is 10.00 Å². The average molecular weight is 273 g/mol. The normalized spacial score (nSPS) is 9.17. The second kappa shape index (κ2) is 3.76. The molecule has 0 radical (unpaired) electrons. The molecule has 0 saturated heterocycles. The summed E-state index contributed by atoms with van der Waals surface area (Å²) in [5.41, 5.74) is 1.68. The van der Waals surface area contributed by atoms with Crippen LogP contribution in [-0.4, -0.2) is 7.11 Å². The molecule has 0 bridgehead atoms. The Morgan fingerprint density at radius 3 is 2.58 bits per heavy atom. The summed E-state index contributed by atoms with van der Waals surface area (Å²) < 4.78 is 6.14. The number of nitriles is 1. The minimum Gasteiger partial charge on any atom is -0.495 e. The van der Waals surface area contributed by atoms with Crippen LogP contribution in [0.1, 0.15) is 11.1 Å². The van der Waals surface area contributed by atoms with Crippen molar-refractivity contribution < 1.29 is 4.74 Å². The van der Waals surface area contributed by atoms with Crippen molar-refractivity contribution in [3.8, 4) is 11.8 Å². The number of rotatable bonds is 1. The molecule has 2 nitrogen and oxygen atoms in total. The van der Waals surface area contributed by atoms with Gasteiger partial charge in [0.2, 0.25) is 0 Å². The van der Waals surface area contributed by atoms with E-state index in [9.17, 15) is 0 Å². The first-order chi connectivity index (χ1) is 5.69. The zero-order valence-corrected chi connectivity index (χ0v) is 9.05. The molecule has 3 heteroatoms. The molecule has 0 aliphatic rings. The van der Waals surface area contributed by atoms with Crippen LogP contribution in [0.15, 0.2) is 12.1 Å². The van der Waals surface area contributed by atoms with Crippen LogP contribution in [0.2, 0.25) is 0 Å². The van der Waals surface area contributed by atoms with Crippen LogP contribution in [0, 0.1) is 21.8 Å². The molecule has 0 unspecified atom stereocenters. The minimum atomic E-state index is 0.678. The monoisotopic (exact) mass is 273 g/mol. The van der Waals surface area contributed by atoms with E-state index in [0.29, 0.717) is 5.56 Å². The van der Waals surface area contributed by atoms with E-state index in [1.807, 2.05) is 19.1 Å². The number of ether oxygens (including phenoxy) is 1. The smallest absolute Gasteiger partial charge is 0.135 e. The molecule has 1 aromatic rings. The third-order valence-electron chi connectivity index (χ3n) is 1.56. The van der Waals surface area contributed by atoms with Gasteiger partial charge in [-0.25, -0.2) is 0 Å². The molecule has 0 heterocycles. The third kappa shape index (κ3) is 1.69. The number of benzene rings is 1. The Morgan fingerprint density at radius 2 is 2.17 bits per heavy atom. The summed E-state index contributed by atoms with van der Waals surface area (Å²) in [7, 11) is 1.64. The van der Waals surface area contributed by atoms with Gasteiger partial charge in [-0.05, 0) is 47.2 Å². The Balaban J connectivity index is 3.30. The predicted molar refractivity (Wildman–Crippen MR) is 55.2 cm³/mol. The number of hydrogen-bond acceptors (Lipinski definition) is 2. The molecule has 0 amide bonds. The lowest BCUT2D eigenvalue weighted by Gasteiger charge is -2.06. The lowest BCUT2D eigenvalue weighted by atomic mass is 10.1. The van der Waals surface area contributed by atoms with Crippen molar-refractivity contribution in [2.24, 2.45) is 0 Å². The zero-order chi connectivity index (χ0) is 9.14. The van der Waals surface area contributed by atoms with Gasteiger partial charge >= 0.3 is 0 Å². The van der Waals surface area contributed by atoms with Gasteiger partial charge in [0.15, 0.2) is 0 Å². The Kier molecular flexibility index (Phi) is 2.93. The van der Waals surface area contributed by atoms with Crippen LogP contribution in [-0.2, 0) is 0 Å². The van der Waals surface area contributed by atoms with Gasteiger partial charge in [0.1, 0.15) is 5.75 Å². The minimum absolute atomic E-state index is 0.678. The van der Waals surface area contributed by atoms with Crippen molar-refractivity contribution in [2.75, 3.05) is 7.11 Å². The van der Waals surface area contributed by atoms with Crippen LogP contribution >= 0.6 is 22.6 Å².